The van der Waals surface area contributed by atoms with Crippen LogP contribution in [0.2, 0.25) is 0 Å². The minimum absolute atomic E-state index is 0.107. The van der Waals surface area contributed by atoms with Crippen molar-refractivity contribution in [1.29, 1.82) is 0 Å². The zero-order valence-electron chi connectivity index (χ0n) is 69.4. The van der Waals surface area contributed by atoms with E-state index in [2.05, 4.69) is 55.4 Å². The lowest BCUT2D eigenvalue weighted by Gasteiger charge is -2.21. The number of hydrogen-bond acceptors (Lipinski definition) is 15. The fraction of sp³-hybridized carbons (Fsp3) is 0.953. The molecule has 0 aliphatic heterocycles. The lowest BCUT2D eigenvalue weighted by molar-refractivity contribution is -0.161. The van der Waals surface area contributed by atoms with Gasteiger partial charge in [0, 0.05) is 25.7 Å². The number of esters is 4. The molecule has 19 heteroatoms. The van der Waals surface area contributed by atoms with Crippen LogP contribution in [0.3, 0.4) is 0 Å². The maximum atomic E-state index is 13.1. The Morgan fingerprint density at radius 3 is 0.676 bits per heavy atom. The molecular weight excluding hydrogens is 1370 g/mol. The lowest BCUT2D eigenvalue weighted by Crippen LogP contribution is -2.30. The number of carbonyl (C=O) groups excluding carboxylic acids is 4. The zero-order valence-corrected chi connectivity index (χ0v) is 71.2. The van der Waals surface area contributed by atoms with Crippen LogP contribution in [0.1, 0.15) is 447 Å². The van der Waals surface area contributed by atoms with Gasteiger partial charge in [-0.05, 0) is 49.4 Å². The van der Waals surface area contributed by atoms with Gasteiger partial charge in [-0.25, -0.2) is 9.13 Å². The minimum atomic E-state index is -4.97. The van der Waals surface area contributed by atoms with Gasteiger partial charge in [-0.15, -0.1) is 0 Å². The predicted molar refractivity (Wildman–Crippen MR) is 432 cm³/mol. The Labute approximate surface area is 645 Å². The summed E-state index contributed by atoms with van der Waals surface area (Å²) in [6.45, 7) is 14.4. The summed E-state index contributed by atoms with van der Waals surface area (Å²) in [6.07, 6.45) is 63.7. The van der Waals surface area contributed by atoms with Crippen molar-refractivity contribution in [3.63, 3.8) is 0 Å². The molecule has 0 saturated carbocycles. The minimum Gasteiger partial charge on any atom is -0.462 e. The summed E-state index contributed by atoms with van der Waals surface area (Å²) in [5.74, 6) is 1.08. The maximum Gasteiger partial charge on any atom is 0.472 e. The second kappa shape index (κ2) is 74.8. The molecule has 0 saturated heterocycles. The number of phosphoric ester groups is 2. The van der Waals surface area contributed by atoms with E-state index in [1.165, 1.54) is 250 Å². The van der Waals surface area contributed by atoms with Crippen LogP contribution < -0.4 is 0 Å². The molecule has 0 aromatic carbocycles. The molecule has 0 fully saturated rings. The Morgan fingerprint density at radius 2 is 0.457 bits per heavy atom. The number of rotatable bonds is 83. The van der Waals surface area contributed by atoms with E-state index in [4.69, 9.17) is 37.0 Å². The van der Waals surface area contributed by atoms with Crippen LogP contribution in [0.5, 0.6) is 0 Å². The average Bonchev–Trinajstić information content (AvgIpc) is 0.906. The normalized spacial score (nSPS) is 14.2. The van der Waals surface area contributed by atoms with E-state index in [-0.39, 0.29) is 25.7 Å². The number of ether oxygens (including phenoxy) is 4. The van der Waals surface area contributed by atoms with Crippen LogP contribution in [-0.2, 0) is 65.4 Å². The van der Waals surface area contributed by atoms with Crippen molar-refractivity contribution in [1.82, 2.24) is 0 Å². The van der Waals surface area contributed by atoms with E-state index in [1.54, 1.807) is 0 Å². The van der Waals surface area contributed by atoms with E-state index in [1.807, 2.05) is 0 Å². The largest absolute Gasteiger partial charge is 0.472 e. The first-order chi connectivity index (χ1) is 50.6. The van der Waals surface area contributed by atoms with E-state index in [0.29, 0.717) is 25.7 Å². The first kappa shape index (κ1) is 103. The second-order valence-corrected chi connectivity index (χ2v) is 35.5. The molecule has 6 atom stereocenters. The second-order valence-electron chi connectivity index (χ2n) is 32.6. The van der Waals surface area contributed by atoms with Crippen molar-refractivity contribution >= 4 is 39.5 Å². The van der Waals surface area contributed by atoms with Crippen LogP contribution in [0.4, 0.5) is 0 Å². The molecule has 0 radical (unpaired) electrons. The van der Waals surface area contributed by atoms with Gasteiger partial charge in [0.25, 0.3) is 0 Å². The van der Waals surface area contributed by atoms with Gasteiger partial charge in [0.15, 0.2) is 12.2 Å². The Hall–Kier alpha value is -1.94. The molecule has 3 unspecified atom stereocenters. The van der Waals surface area contributed by atoms with Crippen molar-refractivity contribution in [2.45, 2.75) is 465 Å². The van der Waals surface area contributed by atoms with Crippen molar-refractivity contribution in [2.75, 3.05) is 39.6 Å². The van der Waals surface area contributed by atoms with Gasteiger partial charge in [-0.2, -0.15) is 0 Å². The number of carbonyl (C=O) groups is 4. The third-order valence-corrected chi connectivity index (χ3v) is 22.3. The maximum absolute atomic E-state index is 13.1. The number of phosphoric acid groups is 2. The molecule has 105 heavy (non-hydrogen) atoms. The van der Waals surface area contributed by atoms with Crippen molar-refractivity contribution < 1.29 is 80.2 Å². The third kappa shape index (κ3) is 78.5. The van der Waals surface area contributed by atoms with Crippen LogP contribution in [0.15, 0.2) is 0 Å². The monoisotopic (exact) mass is 1540 g/mol. The van der Waals surface area contributed by atoms with Crippen molar-refractivity contribution in [3.8, 4) is 0 Å². The fourth-order valence-corrected chi connectivity index (χ4v) is 14.9. The van der Waals surface area contributed by atoms with Crippen LogP contribution in [-0.4, -0.2) is 96.7 Å². The highest BCUT2D eigenvalue weighted by molar-refractivity contribution is 7.47. The van der Waals surface area contributed by atoms with Gasteiger partial charge in [-0.1, -0.05) is 396 Å². The van der Waals surface area contributed by atoms with E-state index in [9.17, 15) is 43.2 Å². The topological polar surface area (TPSA) is 237 Å². The number of hydrogen-bond donors (Lipinski definition) is 3. The molecule has 0 aliphatic rings. The predicted octanol–water partition coefficient (Wildman–Crippen LogP) is 25.9. The molecule has 0 rings (SSSR count). The quantitative estimate of drug-likeness (QED) is 0.0222. The molecule has 624 valence electrons. The lowest BCUT2D eigenvalue weighted by atomic mass is 9.99. The SMILES string of the molecule is CCC(C)CCCCCCCCCCC(=O)OC[C@H](COP(=O)(O)OC[C@H](O)COP(=O)(O)OC[C@@H](COC(=O)CCCCCCCCCCCCCCCCCC(C)C)OC(=O)CCCCCCCCCCCCCCCCCC(C)C)OC(=O)CCCCCCCCCCCCCCCCC(C)C. The third-order valence-electron chi connectivity index (χ3n) is 20.4. The average molecular weight is 1540 g/mol. The van der Waals surface area contributed by atoms with Crippen molar-refractivity contribution in [3.05, 3.63) is 0 Å². The van der Waals surface area contributed by atoms with Crippen LogP contribution in [0.25, 0.3) is 0 Å². The standard InChI is InChI=1S/C86H168O17P2/c1-9-79(8)65-57-49-41-36-37-43-51-59-67-84(89)97-73-82(103-86(91)69-61-53-45-35-29-23-17-16-20-26-32-40-48-56-64-78(6)7)75-101-105(94,95)99-71-80(87)70-98-104(92,93)100-74-81(102-85(90)68-60-52-44-34-28-22-15-11-13-19-25-31-39-47-55-63-77(4)5)72-96-83(88)66-58-50-42-33-27-21-14-10-12-18-24-30-38-46-54-62-76(2)3/h76-82,87H,9-75H2,1-8H3,(H,92,93)(H,94,95)/t79?,80-,81-,82-/m1/s1. The molecule has 0 aromatic rings. The van der Waals surface area contributed by atoms with Crippen LogP contribution in [0, 0.1) is 23.7 Å². The summed E-state index contributed by atoms with van der Waals surface area (Å²) in [5, 5.41) is 10.7. The molecule has 3 N–H and O–H groups in total. The van der Waals surface area contributed by atoms with E-state index in [0.717, 1.165) is 114 Å². The smallest absolute Gasteiger partial charge is 0.462 e. The molecule has 0 spiro atoms. The van der Waals surface area contributed by atoms with Gasteiger partial charge in [0.05, 0.1) is 26.4 Å². The highest BCUT2D eigenvalue weighted by Crippen LogP contribution is 2.45. The van der Waals surface area contributed by atoms with Gasteiger partial charge in [0.1, 0.15) is 19.3 Å². The highest BCUT2D eigenvalue weighted by atomic mass is 31.2. The molecule has 0 aliphatic carbocycles. The molecular formula is C86H168O17P2. The van der Waals surface area contributed by atoms with Gasteiger partial charge in [0.2, 0.25) is 0 Å². The van der Waals surface area contributed by atoms with E-state index < -0.39 is 97.5 Å². The molecule has 0 amide bonds. The molecule has 17 nitrogen and oxygen atoms in total. The Morgan fingerprint density at radius 1 is 0.267 bits per heavy atom. The van der Waals surface area contributed by atoms with E-state index >= 15 is 0 Å². The highest BCUT2D eigenvalue weighted by Gasteiger charge is 2.31. The first-order valence-electron chi connectivity index (χ1n) is 44.2. The van der Waals surface area contributed by atoms with Crippen LogP contribution >= 0.6 is 15.6 Å². The van der Waals surface area contributed by atoms with Gasteiger partial charge < -0.3 is 33.8 Å². The summed E-state index contributed by atoms with van der Waals surface area (Å²) < 4.78 is 68.9. The summed E-state index contributed by atoms with van der Waals surface area (Å²) in [6, 6.07) is 0. The fourth-order valence-electron chi connectivity index (χ4n) is 13.3. The molecule has 0 aromatic heterocycles. The Bertz CT molecular complexity index is 2040. The summed E-state index contributed by atoms with van der Waals surface area (Å²) >= 11 is 0. The van der Waals surface area contributed by atoms with Crippen molar-refractivity contribution in [2.24, 2.45) is 23.7 Å². The number of unbranched alkanes of at least 4 members (excludes halogenated alkanes) is 48. The summed E-state index contributed by atoms with van der Waals surface area (Å²) in [4.78, 5) is 73.3. The van der Waals surface area contributed by atoms with Gasteiger partial charge >= 0.3 is 39.5 Å². The first-order valence-corrected chi connectivity index (χ1v) is 47.2. The number of aliphatic hydroxyl groups excluding tert-OH is 1. The summed E-state index contributed by atoms with van der Waals surface area (Å²) in [5.41, 5.74) is 0. The van der Waals surface area contributed by atoms with Gasteiger partial charge in [-0.3, -0.25) is 37.3 Å². The molecule has 0 heterocycles. The number of aliphatic hydroxyl groups is 1. The summed E-state index contributed by atoms with van der Waals surface area (Å²) in [7, 11) is -9.93. The Kier molecular flexibility index (Phi) is 73.4. The zero-order chi connectivity index (χ0) is 77.4. The Balaban J connectivity index is 5.27. The molecule has 0 bridgehead atoms.